The highest BCUT2D eigenvalue weighted by molar-refractivity contribution is 6.01. The molecular weight excluding hydrogens is 805 g/mol. The lowest BCUT2D eigenvalue weighted by Gasteiger charge is -2.33. The van der Waals surface area contributed by atoms with Gasteiger partial charge in [-0.2, -0.15) is 0 Å². The second kappa shape index (κ2) is 16.7. The molecule has 9 rings (SSSR count). The van der Waals surface area contributed by atoms with Gasteiger partial charge in [0.05, 0.1) is 22.1 Å². The maximum absolute atomic E-state index is 13.4. The van der Waals surface area contributed by atoms with Gasteiger partial charge in [0, 0.05) is 85.6 Å². The van der Waals surface area contributed by atoms with Crippen LogP contribution in [0.1, 0.15) is 66.8 Å². The van der Waals surface area contributed by atoms with Gasteiger partial charge in [0.25, 0.3) is 5.91 Å². The number of phenols is 2. The summed E-state index contributed by atoms with van der Waals surface area (Å²) >= 11 is 0. The number of carbonyl (C=O) groups is 3. The molecule has 0 bridgehead atoms. The summed E-state index contributed by atoms with van der Waals surface area (Å²) < 4.78 is 21.4. The quantitative estimate of drug-likeness (QED) is 0.127. The van der Waals surface area contributed by atoms with E-state index in [4.69, 9.17) is 19.2 Å². The number of benzene rings is 3. The molecule has 16 nitrogen and oxygen atoms in total. The third-order valence-electron chi connectivity index (χ3n) is 11.5. The van der Waals surface area contributed by atoms with Crippen LogP contribution in [-0.4, -0.2) is 101 Å². The summed E-state index contributed by atoms with van der Waals surface area (Å²) in [6, 6.07) is 22.1. The van der Waals surface area contributed by atoms with Crippen molar-refractivity contribution in [3.63, 3.8) is 0 Å². The largest absolute Gasteiger partial charge is 0.508 e. The van der Waals surface area contributed by atoms with Crippen LogP contribution >= 0.6 is 0 Å². The minimum Gasteiger partial charge on any atom is -0.508 e. The fourth-order valence-electron chi connectivity index (χ4n) is 8.14. The fourth-order valence-corrected chi connectivity index (χ4v) is 8.14. The van der Waals surface area contributed by atoms with Crippen molar-refractivity contribution in [1.29, 1.82) is 0 Å². The Morgan fingerprint density at radius 1 is 0.937 bits per heavy atom. The van der Waals surface area contributed by atoms with E-state index in [-0.39, 0.29) is 53.4 Å². The van der Waals surface area contributed by atoms with Crippen LogP contribution in [0, 0.1) is 0 Å². The van der Waals surface area contributed by atoms with Gasteiger partial charge < -0.3 is 43.9 Å². The number of pyridine rings is 2. The molecule has 2 aliphatic rings. The molecule has 0 spiro atoms. The molecule has 0 saturated carbocycles. The second-order valence-electron chi connectivity index (χ2n) is 16.1. The minimum absolute atomic E-state index is 0.0275. The van der Waals surface area contributed by atoms with E-state index in [1.165, 1.54) is 24.3 Å². The third kappa shape index (κ3) is 7.91. The van der Waals surface area contributed by atoms with Crippen LogP contribution in [0.4, 0.5) is 4.79 Å². The first-order valence-corrected chi connectivity index (χ1v) is 20.9. The molecule has 6 heterocycles. The number of hydrogen-bond acceptors (Lipinski definition) is 11. The van der Waals surface area contributed by atoms with Gasteiger partial charge in [-0.05, 0) is 66.9 Å². The van der Waals surface area contributed by atoms with Gasteiger partial charge >= 0.3 is 6.09 Å². The first-order valence-electron chi connectivity index (χ1n) is 20.9. The number of para-hydroxylation sites is 1. The lowest BCUT2D eigenvalue weighted by Crippen LogP contribution is -2.46. The number of aromatic hydroxyl groups is 2. The number of likely N-dealkylation sites (N-methyl/N-ethyl adjacent to an activating group) is 1. The van der Waals surface area contributed by atoms with Gasteiger partial charge in [0.1, 0.15) is 42.8 Å². The van der Waals surface area contributed by atoms with Crippen molar-refractivity contribution in [3.05, 3.63) is 114 Å². The van der Waals surface area contributed by atoms with E-state index in [2.05, 4.69) is 21.6 Å². The SMILES string of the molecule is CCNC(=O)c1nnc(-c2cc(C(C)C)c(O)cc2O)n1-c1ccc(OC2CCN(C(=O)CN(C)C(=O)OC3=COCc4cn5cc6cc7ccccc7nc6c5cc43)CC2)cc1. The van der Waals surface area contributed by atoms with E-state index in [0.717, 1.165) is 38.4 Å². The van der Waals surface area contributed by atoms with Crippen molar-refractivity contribution < 1.29 is 38.8 Å². The molecule has 3 amide bonds. The average molecular weight is 851 g/mol. The van der Waals surface area contributed by atoms with Crippen LogP contribution < -0.4 is 10.1 Å². The zero-order valence-corrected chi connectivity index (χ0v) is 35.2. The molecular formula is C47H46N8O8. The summed E-state index contributed by atoms with van der Waals surface area (Å²) in [5.74, 6) is 0.158. The van der Waals surface area contributed by atoms with Crippen LogP contribution in [0.3, 0.4) is 0 Å². The van der Waals surface area contributed by atoms with Crippen LogP contribution in [0.2, 0.25) is 0 Å². The first-order chi connectivity index (χ1) is 30.4. The van der Waals surface area contributed by atoms with Gasteiger partial charge in [0.2, 0.25) is 11.7 Å². The number of amides is 3. The Hall–Kier alpha value is -7.62. The van der Waals surface area contributed by atoms with Gasteiger partial charge in [-0.3, -0.25) is 14.2 Å². The van der Waals surface area contributed by atoms with Gasteiger partial charge in [-0.25, -0.2) is 9.78 Å². The van der Waals surface area contributed by atoms with E-state index in [0.29, 0.717) is 61.6 Å². The van der Waals surface area contributed by atoms with Crippen molar-refractivity contribution in [2.24, 2.45) is 0 Å². The summed E-state index contributed by atoms with van der Waals surface area (Å²) in [7, 11) is 1.53. The van der Waals surface area contributed by atoms with Crippen LogP contribution in [0.25, 0.3) is 50.2 Å². The zero-order valence-electron chi connectivity index (χ0n) is 35.2. The Morgan fingerprint density at radius 3 is 2.48 bits per heavy atom. The summed E-state index contributed by atoms with van der Waals surface area (Å²) in [5.41, 5.74) is 5.64. The van der Waals surface area contributed by atoms with Crippen molar-refractivity contribution in [2.45, 2.75) is 52.2 Å². The predicted molar refractivity (Wildman–Crippen MR) is 235 cm³/mol. The number of rotatable bonds is 10. The molecule has 3 aromatic carbocycles. The molecule has 7 aromatic rings. The van der Waals surface area contributed by atoms with Crippen molar-refractivity contribution >= 4 is 51.0 Å². The molecule has 1 saturated heterocycles. The highest BCUT2D eigenvalue weighted by Gasteiger charge is 2.29. The van der Waals surface area contributed by atoms with Crippen molar-refractivity contribution in [2.75, 3.05) is 33.2 Å². The van der Waals surface area contributed by atoms with Crippen LogP contribution in [0.5, 0.6) is 17.2 Å². The molecule has 2 aliphatic heterocycles. The summed E-state index contributed by atoms with van der Waals surface area (Å²) in [6.45, 7) is 7.04. The minimum atomic E-state index is -0.686. The van der Waals surface area contributed by atoms with E-state index in [1.807, 2.05) is 61.0 Å². The number of aromatic nitrogens is 5. The van der Waals surface area contributed by atoms with Crippen LogP contribution in [-0.2, 0) is 20.9 Å². The number of likely N-dealkylation sites (tertiary alicyclic amines) is 1. The van der Waals surface area contributed by atoms with E-state index in [9.17, 15) is 24.6 Å². The summed E-state index contributed by atoms with van der Waals surface area (Å²) in [4.78, 5) is 47.7. The number of nitrogens with one attached hydrogen (secondary N) is 1. The van der Waals surface area contributed by atoms with E-state index in [1.54, 1.807) is 46.7 Å². The van der Waals surface area contributed by atoms with Crippen LogP contribution in [0.15, 0.2) is 91.5 Å². The summed E-state index contributed by atoms with van der Waals surface area (Å²) in [6.07, 6.45) is 5.71. The molecule has 322 valence electrons. The number of ether oxygens (including phenoxy) is 3. The molecule has 63 heavy (non-hydrogen) atoms. The number of phenolic OH excluding ortho intramolecular Hbond substituents is 2. The maximum Gasteiger partial charge on any atom is 0.415 e. The Kier molecular flexibility index (Phi) is 10.8. The van der Waals surface area contributed by atoms with Gasteiger partial charge in [0.15, 0.2) is 11.6 Å². The first kappa shape index (κ1) is 40.8. The lowest BCUT2D eigenvalue weighted by atomic mass is 9.98. The number of piperidine rings is 1. The van der Waals surface area contributed by atoms with Crippen molar-refractivity contribution in [1.82, 2.24) is 39.3 Å². The average Bonchev–Trinajstić information content (AvgIpc) is 3.86. The van der Waals surface area contributed by atoms with E-state index < -0.39 is 12.0 Å². The normalized spacial score (nSPS) is 14.1. The smallest absolute Gasteiger partial charge is 0.415 e. The Bertz CT molecular complexity index is 2950. The molecule has 1 fully saturated rings. The molecule has 0 unspecified atom stereocenters. The molecule has 16 heteroatoms. The highest BCUT2D eigenvalue weighted by atomic mass is 16.6. The fraction of sp³-hybridized carbons (Fsp3) is 0.277. The highest BCUT2D eigenvalue weighted by Crippen LogP contribution is 2.39. The Labute approximate surface area is 361 Å². The van der Waals surface area contributed by atoms with Crippen molar-refractivity contribution in [3.8, 4) is 34.3 Å². The van der Waals surface area contributed by atoms with Gasteiger partial charge in [-0.15, -0.1) is 10.2 Å². The topological polar surface area (TPSA) is 186 Å². The number of fused-ring (bicyclic) bond motifs is 5. The monoisotopic (exact) mass is 850 g/mol. The predicted octanol–water partition coefficient (Wildman–Crippen LogP) is 7.14. The number of hydrogen-bond donors (Lipinski definition) is 3. The second-order valence-corrected chi connectivity index (χ2v) is 16.1. The molecule has 0 atom stereocenters. The number of carbonyl (C=O) groups excluding carboxylic acids is 3. The molecule has 0 radical (unpaired) electrons. The van der Waals surface area contributed by atoms with E-state index >= 15 is 0 Å². The maximum atomic E-state index is 13.4. The third-order valence-corrected chi connectivity index (χ3v) is 11.5. The zero-order chi connectivity index (χ0) is 43.9. The van der Waals surface area contributed by atoms with Gasteiger partial charge in [-0.1, -0.05) is 32.0 Å². The molecule has 3 N–H and O–H groups in total. The standard InChI is InChI=1S/C47H46N8O8/c1-5-48-46(59)45-51-50-44(36-19-34(27(2)3)39(56)21-40(36)57)55(45)31-10-12-32(13-11-31)62-33-14-16-53(17-15-33)42(58)24-52(4)47(60)63-41-26-61-25-30-23-54-22-29-18-28-8-6-7-9-37(28)49-43(29)38(54)20-35(30)41/h6-13,18-23,26-27,33,56-57H,5,14-17,24-25H2,1-4H3,(H,48,59). The molecule has 0 aliphatic carbocycles. The summed E-state index contributed by atoms with van der Waals surface area (Å²) in [5, 5.41) is 34.6. The Morgan fingerprint density at radius 2 is 1.71 bits per heavy atom. The molecule has 4 aromatic heterocycles. The Balaban J connectivity index is 0.822. The number of nitrogens with zero attached hydrogens (tertiary/aromatic N) is 7. The lowest BCUT2D eigenvalue weighted by molar-refractivity contribution is -0.133.